The first-order valence-electron chi connectivity index (χ1n) is 6.42. The molecule has 1 heterocycles. The minimum Gasteiger partial charge on any atom is -0.481 e. The van der Waals surface area contributed by atoms with Gasteiger partial charge in [0.2, 0.25) is 0 Å². The Balaban J connectivity index is 1.76. The van der Waals surface area contributed by atoms with Gasteiger partial charge in [0.1, 0.15) is 0 Å². The van der Waals surface area contributed by atoms with Gasteiger partial charge < -0.3 is 5.11 Å². The van der Waals surface area contributed by atoms with Crippen LogP contribution in [0.25, 0.3) is 6.08 Å². The molecule has 1 aliphatic heterocycles. The molecule has 1 aliphatic rings. The number of hydrogen-bond acceptors (Lipinski definition) is 2. The molecule has 0 atom stereocenters. The van der Waals surface area contributed by atoms with Crippen LogP contribution in [0.4, 0.5) is 0 Å². The van der Waals surface area contributed by atoms with Crippen LogP contribution in [0.1, 0.15) is 18.4 Å². The van der Waals surface area contributed by atoms with E-state index >= 15 is 0 Å². The molecular formula is C15H19NO2. The van der Waals surface area contributed by atoms with Gasteiger partial charge in [-0.2, -0.15) is 0 Å². The third-order valence-corrected chi connectivity index (χ3v) is 3.41. The normalized spacial score (nSPS) is 18.2. The molecule has 1 N–H and O–H groups in total. The van der Waals surface area contributed by atoms with Crippen molar-refractivity contribution in [2.75, 3.05) is 19.6 Å². The Bertz CT molecular complexity index is 406. The second-order valence-corrected chi connectivity index (χ2v) is 4.73. The molecule has 0 radical (unpaired) electrons. The lowest BCUT2D eigenvalue weighted by Gasteiger charge is -2.28. The van der Waals surface area contributed by atoms with E-state index in [-0.39, 0.29) is 5.92 Å². The van der Waals surface area contributed by atoms with Crippen molar-refractivity contribution in [1.29, 1.82) is 0 Å². The molecular weight excluding hydrogens is 226 g/mol. The van der Waals surface area contributed by atoms with Gasteiger partial charge >= 0.3 is 5.97 Å². The first-order valence-corrected chi connectivity index (χ1v) is 6.42. The monoisotopic (exact) mass is 245 g/mol. The summed E-state index contributed by atoms with van der Waals surface area (Å²) < 4.78 is 0. The summed E-state index contributed by atoms with van der Waals surface area (Å²) in [5.41, 5.74) is 1.21. The molecule has 1 saturated heterocycles. The number of carboxylic acids is 1. The Morgan fingerprint density at radius 2 is 1.94 bits per heavy atom. The van der Waals surface area contributed by atoms with E-state index in [1.165, 1.54) is 5.56 Å². The average molecular weight is 245 g/mol. The lowest BCUT2D eigenvalue weighted by atomic mass is 9.97. The summed E-state index contributed by atoms with van der Waals surface area (Å²) in [7, 11) is 0. The summed E-state index contributed by atoms with van der Waals surface area (Å²) >= 11 is 0. The molecule has 18 heavy (non-hydrogen) atoms. The van der Waals surface area contributed by atoms with Gasteiger partial charge in [0.25, 0.3) is 0 Å². The summed E-state index contributed by atoms with van der Waals surface area (Å²) in [6.07, 6.45) is 5.81. The van der Waals surface area contributed by atoms with Crippen LogP contribution in [0, 0.1) is 5.92 Å². The van der Waals surface area contributed by atoms with Crippen LogP contribution in [0.3, 0.4) is 0 Å². The highest BCUT2D eigenvalue weighted by Gasteiger charge is 2.23. The molecule has 3 nitrogen and oxygen atoms in total. The highest BCUT2D eigenvalue weighted by Crippen LogP contribution is 2.17. The average Bonchev–Trinajstić information content (AvgIpc) is 2.40. The third kappa shape index (κ3) is 3.70. The molecule has 2 rings (SSSR count). The number of benzene rings is 1. The molecule has 3 heteroatoms. The van der Waals surface area contributed by atoms with Gasteiger partial charge in [-0.05, 0) is 31.5 Å². The summed E-state index contributed by atoms with van der Waals surface area (Å²) in [4.78, 5) is 13.1. The van der Waals surface area contributed by atoms with E-state index in [2.05, 4.69) is 29.2 Å². The van der Waals surface area contributed by atoms with E-state index in [1.54, 1.807) is 0 Å². The number of rotatable bonds is 4. The number of hydrogen-bond donors (Lipinski definition) is 1. The highest BCUT2D eigenvalue weighted by atomic mass is 16.4. The van der Waals surface area contributed by atoms with Crippen LogP contribution in [0.5, 0.6) is 0 Å². The Morgan fingerprint density at radius 3 is 2.56 bits per heavy atom. The zero-order valence-electron chi connectivity index (χ0n) is 10.5. The molecule has 0 saturated carbocycles. The predicted molar refractivity (Wildman–Crippen MR) is 72.3 cm³/mol. The molecule has 96 valence electrons. The first-order chi connectivity index (χ1) is 8.75. The fourth-order valence-electron chi connectivity index (χ4n) is 2.26. The van der Waals surface area contributed by atoms with E-state index in [0.717, 1.165) is 32.5 Å². The highest BCUT2D eigenvalue weighted by molar-refractivity contribution is 5.70. The van der Waals surface area contributed by atoms with Crippen molar-refractivity contribution in [3.05, 3.63) is 42.0 Å². The van der Waals surface area contributed by atoms with Crippen molar-refractivity contribution in [3.63, 3.8) is 0 Å². The van der Waals surface area contributed by atoms with Crippen LogP contribution < -0.4 is 0 Å². The Kier molecular flexibility index (Phi) is 4.53. The number of likely N-dealkylation sites (tertiary alicyclic amines) is 1. The minimum atomic E-state index is -0.644. The molecule has 0 aliphatic carbocycles. The fourth-order valence-corrected chi connectivity index (χ4v) is 2.26. The van der Waals surface area contributed by atoms with Crippen molar-refractivity contribution in [3.8, 4) is 0 Å². The molecule has 0 bridgehead atoms. The molecule has 0 unspecified atom stereocenters. The molecule has 1 aromatic rings. The van der Waals surface area contributed by atoms with Gasteiger partial charge in [-0.3, -0.25) is 9.69 Å². The lowest BCUT2D eigenvalue weighted by molar-refractivity contribution is -0.143. The van der Waals surface area contributed by atoms with E-state index in [0.29, 0.717) is 0 Å². The van der Waals surface area contributed by atoms with Crippen molar-refractivity contribution >= 4 is 12.0 Å². The Labute approximate surface area is 108 Å². The topological polar surface area (TPSA) is 40.5 Å². The predicted octanol–water partition coefficient (Wildman–Crippen LogP) is 2.50. The number of carboxylic acid groups (broad SMARTS) is 1. The van der Waals surface area contributed by atoms with Crippen LogP contribution in [-0.4, -0.2) is 35.6 Å². The third-order valence-electron chi connectivity index (χ3n) is 3.41. The van der Waals surface area contributed by atoms with Gasteiger partial charge in [0, 0.05) is 6.54 Å². The zero-order chi connectivity index (χ0) is 12.8. The van der Waals surface area contributed by atoms with Gasteiger partial charge in [-0.25, -0.2) is 0 Å². The molecule has 1 fully saturated rings. The SMILES string of the molecule is O=C(O)C1CCN(CC=Cc2ccccc2)CC1. The quantitative estimate of drug-likeness (QED) is 0.886. The molecule has 0 aromatic heterocycles. The molecule has 0 amide bonds. The second-order valence-electron chi connectivity index (χ2n) is 4.73. The van der Waals surface area contributed by atoms with Gasteiger partial charge in [0.15, 0.2) is 0 Å². The summed E-state index contributed by atoms with van der Waals surface area (Å²) in [6.45, 7) is 2.67. The second kappa shape index (κ2) is 6.36. The van der Waals surface area contributed by atoms with Gasteiger partial charge in [-0.15, -0.1) is 0 Å². The number of carbonyl (C=O) groups is 1. The largest absolute Gasteiger partial charge is 0.481 e. The van der Waals surface area contributed by atoms with Crippen molar-refractivity contribution in [1.82, 2.24) is 4.90 Å². The number of aliphatic carboxylic acids is 1. The summed E-state index contributed by atoms with van der Waals surface area (Å²) in [6, 6.07) is 10.2. The number of nitrogens with zero attached hydrogens (tertiary/aromatic N) is 1. The smallest absolute Gasteiger partial charge is 0.306 e. The van der Waals surface area contributed by atoms with Gasteiger partial charge in [-0.1, -0.05) is 42.5 Å². The zero-order valence-corrected chi connectivity index (χ0v) is 10.5. The van der Waals surface area contributed by atoms with E-state index in [9.17, 15) is 4.79 Å². The van der Waals surface area contributed by atoms with Crippen LogP contribution in [-0.2, 0) is 4.79 Å². The first kappa shape index (κ1) is 12.8. The maximum atomic E-state index is 10.8. The van der Waals surface area contributed by atoms with Crippen LogP contribution >= 0.6 is 0 Å². The Hall–Kier alpha value is -1.61. The van der Waals surface area contributed by atoms with Gasteiger partial charge in [0.05, 0.1) is 5.92 Å². The number of piperidine rings is 1. The Morgan fingerprint density at radius 1 is 1.28 bits per heavy atom. The van der Waals surface area contributed by atoms with Crippen LogP contribution in [0.2, 0.25) is 0 Å². The maximum absolute atomic E-state index is 10.8. The molecule has 1 aromatic carbocycles. The van der Waals surface area contributed by atoms with E-state index in [1.807, 2.05) is 18.2 Å². The molecule has 0 spiro atoms. The maximum Gasteiger partial charge on any atom is 0.306 e. The van der Waals surface area contributed by atoms with E-state index in [4.69, 9.17) is 5.11 Å². The summed E-state index contributed by atoms with van der Waals surface area (Å²) in [5.74, 6) is -0.783. The minimum absolute atomic E-state index is 0.139. The fraction of sp³-hybridized carbons (Fsp3) is 0.400. The standard InChI is InChI=1S/C15H19NO2/c17-15(18)14-8-11-16(12-9-14)10-4-7-13-5-2-1-3-6-13/h1-7,14H,8-12H2,(H,17,18). The van der Waals surface area contributed by atoms with Crippen molar-refractivity contribution in [2.24, 2.45) is 5.92 Å². The van der Waals surface area contributed by atoms with Crippen molar-refractivity contribution in [2.45, 2.75) is 12.8 Å². The van der Waals surface area contributed by atoms with Crippen molar-refractivity contribution < 1.29 is 9.90 Å². The van der Waals surface area contributed by atoms with E-state index < -0.39 is 5.97 Å². The summed E-state index contributed by atoms with van der Waals surface area (Å²) in [5, 5.41) is 8.92. The lowest BCUT2D eigenvalue weighted by Crippen LogP contribution is -2.36. The van der Waals surface area contributed by atoms with Crippen LogP contribution in [0.15, 0.2) is 36.4 Å².